The van der Waals surface area contributed by atoms with Crippen molar-refractivity contribution in [3.63, 3.8) is 0 Å². The summed E-state index contributed by atoms with van der Waals surface area (Å²) >= 11 is 4.72. The van der Waals surface area contributed by atoms with Gasteiger partial charge in [0.05, 0.1) is 22.3 Å². The van der Waals surface area contributed by atoms with Crippen molar-refractivity contribution in [3.05, 3.63) is 87.7 Å². The first-order valence-electron chi connectivity index (χ1n) is 11.2. The molecular formula is C27H21BrN4O3S. The van der Waals surface area contributed by atoms with Crippen LogP contribution >= 0.6 is 27.3 Å². The predicted octanol–water partition coefficient (Wildman–Crippen LogP) is 6.61. The van der Waals surface area contributed by atoms with Gasteiger partial charge in [0.25, 0.3) is 5.91 Å². The molecule has 2 aromatic heterocycles. The third kappa shape index (κ3) is 5.22. The number of hydrogen-bond acceptors (Lipinski definition) is 6. The first-order valence-corrected chi connectivity index (χ1v) is 12.8. The van der Waals surface area contributed by atoms with Gasteiger partial charge in [-0.1, -0.05) is 57.9 Å². The number of benzene rings is 3. The van der Waals surface area contributed by atoms with E-state index in [1.807, 2.05) is 60.8 Å². The predicted molar refractivity (Wildman–Crippen MR) is 145 cm³/mol. The average molecular weight is 561 g/mol. The van der Waals surface area contributed by atoms with Gasteiger partial charge in [0.1, 0.15) is 5.82 Å². The lowest BCUT2D eigenvalue weighted by atomic mass is 10.1. The van der Waals surface area contributed by atoms with E-state index >= 15 is 0 Å². The summed E-state index contributed by atoms with van der Waals surface area (Å²) in [5.41, 5.74) is 5.58. The van der Waals surface area contributed by atoms with Crippen LogP contribution in [0.1, 0.15) is 22.8 Å². The molecule has 3 aromatic carbocycles. The fourth-order valence-electron chi connectivity index (χ4n) is 3.56. The molecule has 1 unspecified atom stereocenters. The number of esters is 1. The molecule has 0 aliphatic carbocycles. The number of carbonyl (C=O) groups excluding carboxylic acids is 2. The summed E-state index contributed by atoms with van der Waals surface area (Å²) in [4.78, 5) is 37.7. The van der Waals surface area contributed by atoms with Crippen LogP contribution in [0.3, 0.4) is 0 Å². The van der Waals surface area contributed by atoms with Gasteiger partial charge in [-0.05, 0) is 44.2 Å². The number of nitrogens with zero attached hydrogens (tertiary/aromatic N) is 2. The van der Waals surface area contributed by atoms with E-state index in [9.17, 15) is 9.59 Å². The van der Waals surface area contributed by atoms with Crippen LogP contribution in [0.2, 0.25) is 0 Å². The minimum atomic E-state index is -1.00. The maximum Gasteiger partial charge on any atom is 0.338 e. The van der Waals surface area contributed by atoms with Crippen LogP contribution in [-0.2, 0) is 9.53 Å². The van der Waals surface area contributed by atoms with Crippen LogP contribution in [0.5, 0.6) is 0 Å². The summed E-state index contributed by atoms with van der Waals surface area (Å²) in [7, 11) is 0. The number of aromatic amines is 1. The molecule has 36 heavy (non-hydrogen) atoms. The Labute approximate surface area is 219 Å². The van der Waals surface area contributed by atoms with Gasteiger partial charge in [-0.25, -0.2) is 14.8 Å². The third-order valence-corrected chi connectivity index (χ3v) is 6.86. The Kier molecular flexibility index (Phi) is 6.67. The summed E-state index contributed by atoms with van der Waals surface area (Å²) < 4.78 is 6.39. The van der Waals surface area contributed by atoms with Crippen molar-refractivity contribution in [3.8, 4) is 22.6 Å². The first-order chi connectivity index (χ1) is 17.4. The molecule has 5 aromatic rings. The molecule has 0 aliphatic rings. The quantitative estimate of drug-likeness (QED) is 0.228. The summed E-state index contributed by atoms with van der Waals surface area (Å²) in [6, 6.07) is 20.8. The van der Waals surface area contributed by atoms with Crippen LogP contribution in [0.25, 0.3) is 33.7 Å². The number of imidazole rings is 1. The van der Waals surface area contributed by atoms with Crippen LogP contribution in [0.15, 0.2) is 76.6 Å². The lowest BCUT2D eigenvalue weighted by Crippen LogP contribution is -2.29. The Hall–Kier alpha value is -3.82. The number of H-pyrrole nitrogens is 1. The van der Waals surface area contributed by atoms with Gasteiger partial charge >= 0.3 is 5.97 Å². The molecule has 0 bridgehead atoms. The normalized spacial score (nSPS) is 11.9. The zero-order valence-corrected chi connectivity index (χ0v) is 21.8. The van der Waals surface area contributed by atoms with Gasteiger partial charge in [0.15, 0.2) is 11.2 Å². The summed E-state index contributed by atoms with van der Waals surface area (Å²) in [5.74, 6) is -0.334. The standard InChI is InChI=1S/C27H21BrN4O3S/c1-15-3-5-18(6-4-15)24-29-21-12-9-19(13-22(21)30-24)26(34)35-16(2)25(33)32-27-31-23(14-36-27)17-7-10-20(28)11-8-17/h3-14,16H,1-2H3,(H,29,30)(H,31,32,33). The number of amides is 1. The molecule has 1 amide bonds. The Morgan fingerprint density at radius 3 is 2.47 bits per heavy atom. The van der Waals surface area contributed by atoms with Crippen LogP contribution in [-0.4, -0.2) is 32.9 Å². The van der Waals surface area contributed by atoms with Gasteiger partial charge in [-0.15, -0.1) is 11.3 Å². The molecule has 9 heteroatoms. The number of halogens is 1. The zero-order valence-electron chi connectivity index (χ0n) is 19.4. The average Bonchev–Trinajstić information content (AvgIpc) is 3.51. The van der Waals surface area contributed by atoms with Gasteiger partial charge in [-0.2, -0.15) is 0 Å². The van der Waals surface area contributed by atoms with Crippen LogP contribution in [0.4, 0.5) is 5.13 Å². The highest BCUT2D eigenvalue weighted by Crippen LogP contribution is 2.26. The molecule has 7 nitrogen and oxygen atoms in total. The number of aromatic nitrogens is 3. The molecule has 0 spiro atoms. The Balaban J connectivity index is 1.24. The molecule has 2 heterocycles. The summed E-state index contributed by atoms with van der Waals surface area (Å²) in [6.07, 6.45) is -1.00. The second-order valence-electron chi connectivity index (χ2n) is 8.26. The molecule has 0 aliphatic heterocycles. The maximum atomic E-state index is 12.7. The Bertz CT molecular complexity index is 1560. The minimum Gasteiger partial charge on any atom is -0.449 e. The largest absolute Gasteiger partial charge is 0.449 e. The van der Waals surface area contributed by atoms with Gasteiger partial charge < -0.3 is 9.72 Å². The minimum absolute atomic E-state index is 0.327. The van der Waals surface area contributed by atoms with E-state index in [1.54, 1.807) is 18.2 Å². The summed E-state index contributed by atoms with van der Waals surface area (Å²) in [6.45, 7) is 3.56. The van der Waals surface area contributed by atoms with Crippen molar-refractivity contribution in [2.24, 2.45) is 0 Å². The smallest absolute Gasteiger partial charge is 0.338 e. The number of ether oxygens (including phenoxy) is 1. The Morgan fingerprint density at radius 1 is 1.00 bits per heavy atom. The van der Waals surface area contributed by atoms with E-state index in [0.717, 1.165) is 32.4 Å². The van der Waals surface area contributed by atoms with Crippen molar-refractivity contribution < 1.29 is 14.3 Å². The number of rotatable bonds is 6. The van der Waals surface area contributed by atoms with Crippen molar-refractivity contribution >= 4 is 55.3 Å². The van der Waals surface area contributed by atoms with Crippen LogP contribution in [0, 0.1) is 6.92 Å². The first kappa shape index (κ1) is 23.9. The van der Waals surface area contributed by atoms with Gasteiger partial charge in [0.2, 0.25) is 0 Å². The highest BCUT2D eigenvalue weighted by molar-refractivity contribution is 9.10. The summed E-state index contributed by atoms with van der Waals surface area (Å²) in [5, 5.41) is 5.02. The number of anilines is 1. The second kappa shape index (κ2) is 10.0. The number of thiazole rings is 1. The van der Waals surface area contributed by atoms with E-state index in [4.69, 9.17) is 4.74 Å². The molecular weight excluding hydrogens is 540 g/mol. The van der Waals surface area contributed by atoms with Crippen molar-refractivity contribution in [2.45, 2.75) is 20.0 Å². The van der Waals surface area contributed by atoms with E-state index in [0.29, 0.717) is 22.0 Å². The molecule has 1 atom stereocenters. The number of hydrogen-bond donors (Lipinski definition) is 2. The lowest BCUT2D eigenvalue weighted by molar-refractivity contribution is -0.123. The molecule has 2 N–H and O–H groups in total. The zero-order chi connectivity index (χ0) is 25.2. The lowest BCUT2D eigenvalue weighted by Gasteiger charge is -2.12. The monoisotopic (exact) mass is 560 g/mol. The number of carbonyl (C=O) groups is 2. The highest BCUT2D eigenvalue weighted by Gasteiger charge is 2.21. The molecule has 0 saturated heterocycles. The number of nitrogens with one attached hydrogen (secondary N) is 2. The van der Waals surface area contributed by atoms with Crippen molar-refractivity contribution in [1.29, 1.82) is 0 Å². The molecule has 0 saturated carbocycles. The molecule has 0 radical (unpaired) electrons. The Morgan fingerprint density at radius 2 is 1.72 bits per heavy atom. The topological polar surface area (TPSA) is 97.0 Å². The maximum absolute atomic E-state index is 12.7. The van der Waals surface area contributed by atoms with Crippen molar-refractivity contribution in [2.75, 3.05) is 5.32 Å². The van der Waals surface area contributed by atoms with E-state index in [1.165, 1.54) is 18.3 Å². The van der Waals surface area contributed by atoms with Gasteiger partial charge in [-0.3, -0.25) is 10.1 Å². The second-order valence-corrected chi connectivity index (χ2v) is 10.0. The number of aryl methyl sites for hydroxylation is 1. The van der Waals surface area contributed by atoms with E-state index in [-0.39, 0.29) is 0 Å². The van der Waals surface area contributed by atoms with E-state index < -0.39 is 18.0 Å². The fraction of sp³-hybridized carbons (Fsp3) is 0.111. The van der Waals surface area contributed by atoms with E-state index in [2.05, 4.69) is 36.2 Å². The van der Waals surface area contributed by atoms with Crippen LogP contribution < -0.4 is 5.32 Å². The van der Waals surface area contributed by atoms with Crippen molar-refractivity contribution in [1.82, 2.24) is 15.0 Å². The molecule has 180 valence electrons. The fourth-order valence-corrected chi connectivity index (χ4v) is 4.55. The SMILES string of the molecule is Cc1ccc(-c2nc3ccc(C(=O)OC(C)C(=O)Nc4nc(-c5ccc(Br)cc5)cs4)cc3[nH]2)cc1. The van der Waals surface area contributed by atoms with Gasteiger partial charge in [0, 0.05) is 21.0 Å². The molecule has 0 fully saturated rings. The highest BCUT2D eigenvalue weighted by atomic mass is 79.9. The number of fused-ring (bicyclic) bond motifs is 1. The third-order valence-electron chi connectivity index (χ3n) is 5.57. The molecule has 5 rings (SSSR count).